The first-order chi connectivity index (χ1) is 11.4. The van der Waals surface area contributed by atoms with Gasteiger partial charge >= 0.3 is 6.03 Å². The molecule has 6 nitrogen and oxygen atoms in total. The number of amides is 3. The van der Waals surface area contributed by atoms with Crippen molar-refractivity contribution in [1.29, 1.82) is 0 Å². The highest BCUT2D eigenvalue weighted by Crippen LogP contribution is 2.31. The van der Waals surface area contributed by atoms with Crippen molar-refractivity contribution in [2.45, 2.75) is 46.8 Å². The fourth-order valence-electron chi connectivity index (χ4n) is 2.87. The van der Waals surface area contributed by atoms with Crippen molar-refractivity contribution in [1.82, 2.24) is 15.5 Å². The summed E-state index contributed by atoms with van der Waals surface area (Å²) >= 11 is 0. The molecule has 3 N–H and O–H groups in total. The van der Waals surface area contributed by atoms with Gasteiger partial charge in [-0.3, -0.25) is 15.0 Å². The van der Waals surface area contributed by atoms with E-state index in [0.717, 1.165) is 18.8 Å². The highest BCUT2D eigenvalue weighted by Gasteiger charge is 2.26. The van der Waals surface area contributed by atoms with E-state index < -0.39 is 6.03 Å². The van der Waals surface area contributed by atoms with E-state index in [-0.39, 0.29) is 12.5 Å². The number of carbonyl (C=O) groups excluding carboxylic acids is 2. The molecule has 1 aromatic rings. The molecular formula is C18H28N4O2. The Morgan fingerprint density at radius 3 is 2.62 bits per heavy atom. The minimum atomic E-state index is -0.459. The van der Waals surface area contributed by atoms with Crippen LogP contribution in [0.15, 0.2) is 18.2 Å². The van der Waals surface area contributed by atoms with Crippen LogP contribution in [-0.2, 0) is 17.9 Å². The van der Waals surface area contributed by atoms with Gasteiger partial charge in [-0.15, -0.1) is 0 Å². The van der Waals surface area contributed by atoms with Gasteiger partial charge in [0.2, 0.25) is 5.91 Å². The zero-order valence-corrected chi connectivity index (χ0v) is 15.0. The maximum absolute atomic E-state index is 11.8. The lowest BCUT2D eigenvalue weighted by atomic mass is 10.1. The van der Waals surface area contributed by atoms with E-state index in [9.17, 15) is 9.59 Å². The van der Waals surface area contributed by atoms with Crippen molar-refractivity contribution in [2.75, 3.05) is 18.4 Å². The topological polar surface area (TPSA) is 73.5 Å². The molecule has 132 valence electrons. The number of anilines is 1. The third-order valence-electron chi connectivity index (χ3n) is 4.58. The minimum absolute atomic E-state index is 0.0767. The van der Waals surface area contributed by atoms with E-state index in [0.29, 0.717) is 18.5 Å². The summed E-state index contributed by atoms with van der Waals surface area (Å²) in [4.78, 5) is 25.6. The molecule has 3 amide bonds. The Morgan fingerprint density at radius 1 is 1.21 bits per heavy atom. The number of hydrogen-bond donors (Lipinski definition) is 3. The van der Waals surface area contributed by atoms with Crippen molar-refractivity contribution >= 4 is 17.6 Å². The van der Waals surface area contributed by atoms with Gasteiger partial charge in [0.1, 0.15) is 0 Å². The lowest BCUT2D eigenvalue weighted by Crippen LogP contribution is -2.41. The second-order valence-electron chi connectivity index (χ2n) is 6.59. The highest BCUT2D eigenvalue weighted by molar-refractivity contribution is 5.96. The SMILES string of the molecule is CCNC(=O)NC(=O)CNc1cccc2c1CN([C@@H](C)C(C)C)C2. The zero-order valence-electron chi connectivity index (χ0n) is 15.0. The van der Waals surface area contributed by atoms with Gasteiger partial charge in [-0.2, -0.15) is 0 Å². The van der Waals surface area contributed by atoms with Crippen LogP contribution in [-0.4, -0.2) is 36.0 Å². The summed E-state index contributed by atoms with van der Waals surface area (Å²) in [5.74, 6) is 0.252. The molecule has 0 spiro atoms. The summed E-state index contributed by atoms with van der Waals surface area (Å²) in [6, 6.07) is 6.18. The van der Waals surface area contributed by atoms with Crippen molar-refractivity contribution in [3.8, 4) is 0 Å². The lowest BCUT2D eigenvalue weighted by Gasteiger charge is -2.27. The average molecular weight is 332 g/mol. The second kappa shape index (κ2) is 8.15. The predicted octanol–water partition coefficient (Wildman–Crippen LogP) is 2.30. The van der Waals surface area contributed by atoms with Gasteiger partial charge < -0.3 is 10.6 Å². The quantitative estimate of drug-likeness (QED) is 0.747. The van der Waals surface area contributed by atoms with Gasteiger partial charge in [-0.05, 0) is 37.0 Å². The van der Waals surface area contributed by atoms with Crippen LogP contribution < -0.4 is 16.0 Å². The molecule has 6 heteroatoms. The highest BCUT2D eigenvalue weighted by atomic mass is 16.2. The van der Waals surface area contributed by atoms with E-state index in [1.54, 1.807) is 6.92 Å². The fourth-order valence-corrected chi connectivity index (χ4v) is 2.87. The van der Waals surface area contributed by atoms with Gasteiger partial charge in [-0.1, -0.05) is 26.0 Å². The first-order valence-corrected chi connectivity index (χ1v) is 8.58. The van der Waals surface area contributed by atoms with Crippen LogP contribution in [0, 0.1) is 5.92 Å². The zero-order chi connectivity index (χ0) is 17.7. The number of urea groups is 1. The molecule has 0 aromatic heterocycles. The molecule has 1 aliphatic rings. The van der Waals surface area contributed by atoms with Crippen LogP contribution in [0.5, 0.6) is 0 Å². The molecule has 2 rings (SSSR count). The molecule has 0 fully saturated rings. The molecule has 1 atom stereocenters. The Kier molecular flexibility index (Phi) is 6.20. The fraction of sp³-hybridized carbons (Fsp3) is 0.556. The Bertz CT molecular complexity index is 601. The van der Waals surface area contributed by atoms with Gasteiger partial charge in [0.15, 0.2) is 0 Å². The van der Waals surface area contributed by atoms with Crippen LogP contribution in [0.4, 0.5) is 10.5 Å². The van der Waals surface area contributed by atoms with Crippen LogP contribution in [0.1, 0.15) is 38.8 Å². The Balaban J connectivity index is 1.96. The maximum atomic E-state index is 11.8. The summed E-state index contributed by atoms with van der Waals surface area (Å²) < 4.78 is 0. The van der Waals surface area contributed by atoms with E-state index >= 15 is 0 Å². The normalized spacial score (nSPS) is 15.0. The van der Waals surface area contributed by atoms with Gasteiger partial charge in [-0.25, -0.2) is 4.79 Å². The largest absolute Gasteiger partial charge is 0.376 e. The molecule has 0 radical (unpaired) electrons. The molecular weight excluding hydrogens is 304 g/mol. The third kappa shape index (κ3) is 4.47. The molecule has 0 saturated heterocycles. The maximum Gasteiger partial charge on any atom is 0.321 e. The average Bonchev–Trinajstić information content (AvgIpc) is 2.96. The van der Waals surface area contributed by atoms with Gasteiger partial charge in [0.25, 0.3) is 0 Å². The summed E-state index contributed by atoms with van der Waals surface area (Å²) in [5, 5.41) is 8.00. The lowest BCUT2D eigenvalue weighted by molar-refractivity contribution is -0.118. The van der Waals surface area contributed by atoms with Crippen molar-refractivity contribution in [3.63, 3.8) is 0 Å². The number of carbonyl (C=O) groups is 2. The summed E-state index contributed by atoms with van der Waals surface area (Å²) in [6.45, 7) is 10.9. The first-order valence-electron chi connectivity index (χ1n) is 8.58. The van der Waals surface area contributed by atoms with Gasteiger partial charge in [0, 0.05) is 31.4 Å². The molecule has 24 heavy (non-hydrogen) atoms. The standard InChI is InChI=1S/C18H28N4O2/c1-5-19-18(24)21-17(23)9-20-16-8-6-7-14-10-22(11-15(14)16)13(4)12(2)3/h6-8,12-13,20H,5,9-11H2,1-4H3,(H2,19,21,23,24)/t13-/m0/s1. The van der Waals surface area contributed by atoms with Crippen molar-refractivity contribution in [3.05, 3.63) is 29.3 Å². The van der Waals surface area contributed by atoms with Crippen molar-refractivity contribution in [2.24, 2.45) is 5.92 Å². The van der Waals surface area contributed by atoms with Gasteiger partial charge in [0.05, 0.1) is 6.54 Å². The molecule has 0 saturated carbocycles. The minimum Gasteiger partial charge on any atom is -0.376 e. The first kappa shape index (κ1) is 18.3. The Morgan fingerprint density at radius 2 is 1.96 bits per heavy atom. The van der Waals surface area contributed by atoms with Crippen LogP contribution in [0.25, 0.3) is 0 Å². The monoisotopic (exact) mass is 332 g/mol. The van der Waals surface area contributed by atoms with Crippen LogP contribution >= 0.6 is 0 Å². The van der Waals surface area contributed by atoms with Crippen LogP contribution in [0.3, 0.4) is 0 Å². The number of rotatable bonds is 6. The molecule has 0 bridgehead atoms. The number of benzene rings is 1. The Labute approximate surface area is 144 Å². The third-order valence-corrected chi connectivity index (χ3v) is 4.58. The Hall–Kier alpha value is -2.08. The summed E-state index contributed by atoms with van der Waals surface area (Å²) in [7, 11) is 0. The number of imide groups is 1. The summed E-state index contributed by atoms with van der Waals surface area (Å²) in [6.07, 6.45) is 0. The number of nitrogens with zero attached hydrogens (tertiary/aromatic N) is 1. The number of nitrogens with one attached hydrogen (secondary N) is 3. The number of fused-ring (bicyclic) bond motifs is 1. The van der Waals surface area contributed by atoms with E-state index in [1.807, 2.05) is 12.1 Å². The van der Waals surface area contributed by atoms with E-state index in [4.69, 9.17) is 0 Å². The summed E-state index contributed by atoms with van der Waals surface area (Å²) in [5.41, 5.74) is 3.52. The molecule has 1 aliphatic heterocycles. The molecule has 1 aromatic carbocycles. The number of hydrogen-bond acceptors (Lipinski definition) is 4. The van der Waals surface area contributed by atoms with E-state index in [2.05, 4.69) is 47.7 Å². The van der Waals surface area contributed by atoms with Crippen molar-refractivity contribution < 1.29 is 9.59 Å². The second-order valence-corrected chi connectivity index (χ2v) is 6.59. The van der Waals surface area contributed by atoms with E-state index in [1.165, 1.54) is 11.1 Å². The van der Waals surface area contributed by atoms with Crippen LogP contribution in [0.2, 0.25) is 0 Å². The molecule has 0 unspecified atom stereocenters. The molecule has 1 heterocycles. The molecule has 0 aliphatic carbocycles. The smallest absolute Gasteiger partial charge is 0.321 e. The predicted molar refractivity (Wildman–Crippen MR) is 95.7 cm³/mol.